The van der Waals surface area contributed by atoms with Crippen LogP contribution in [-0.2, 0) is 18.4 Å². The third-order valence-electron chi connectivity index (χ3n) is 17.9. The van der Waals surface area contributed by atoms with Crippen LogP contribution in [0.5, 0.6) is 0 Å². The molecule has 506 valence electrons. The number of rotatable bonds is 72. The zero-order valence-corrected chi connectivity index (χ0v) is 59.0. The van der Waals surface area contributed by atoms with Gasteiger partial charge in [0.15, 0.2) is 0 Å². The van der Waals surface area contributed by atoms with E-state index in [1.165, 1.54) is 347 Å². The fourth-order valence-corrected chi connectivity index (χ4v) is 12.7. The van der Waals surface area contributed by atoms with Crippen molar-refractivity contribution in [1.82, 2.24) is 5.32 Å². The molecule has 3 unspecified atom stereocenters. The van der Waals surface area contributed by atoms with Crippen LogP contribution in [0.3, 0.4) is 0 Å². The van der Waals surface area contributed by atoms with Crippen LogP contribution in [0.25, 0.3) is 0 Å². The van der Waals surface area contributed by atoms with E-state index in [0.29, 0.717) is 17.4 Å². The number of quaternary nitrogens is 1. The van der Waals surface area contributed by atoms with Crippen LogP contribution < -0.4 is 10.2 Å². The Hall–Kier alpha value is -1.02. The number of likely N-dealkylation sites (N-methyl/N-ethyl adjacent to an activating group) is 1. The molecule has 2 N–H and O–H groups in total. The molecule has 0 heterocycles. The zero-order valence-electron chi connectivity index (χ0n) is 58.1. The molecule has 9 heteroatoms. The minimum Gasteiger partial charge on any atom is -0.756 e. The summed E-state index contributed by atoms with van der Waals surface area (Å²) in [7, 11) is 1.26. The number of phosphoric acid groups is 1. The fourth-order valence-electron chi connectivity index (χ4n) is 12.0. The molecular formula is C76H151N2O6P. The van der Waals surface area contributed by atoms with Crippen LogP contribution in [0.15, 0.2) is 24.3 Å². The van der Waals surface area contributed by atoms with Crippen LogP contribution in [0.4, 0.5) is 0 Å². The maximum Gasteiger partial charge on any atom is 0.268 e. The van der Waals surface area contributed by atoms with E-state index in [4.69, 9.17) is 9.05 Å². The highest BCUT2D eigenvalue weighted by Gasteiger charge is 2.23. The van der Waals surface area contributed by atoms with Crippen LogP contribution in [0, 0.1) is 0 Å². The van der Waals surface area contributed by atoms with E-state index in [1.807, 2.05) is 27.2 Å². The first-order chi connectivity index (χ1) is 41.5. The number of carbonyl (C=O) groups excluding carboxylic acids is 1. The molecule has 0 aliphatic heterocycles. The van der Waals surface area contributed by atoms with Crippen LogP contribution >= 0.6 is 7.82 Å². The Morgan fingerprint density at radius 1 is 0.400 bits per heavy atom. The fraction of sp³-hybridized carbons (Fsp3) is 0.934. The van der Waals surface area contributed by atoms with Crippen molar-refractivity contribution in [3.05, 3.63) is 24.3 Å². The molecule has 0 saturated carbocycles. The largest absolute Gasteiger partial charge is 0.756 e. The second kappa shape index (κ2) is 67.4. The molecule has 0 aliphatic rings. The van der Waals surface area contributed by atoms with Crippen molar-refractivity contribution in [2.45, 2.75) is 418 Å². The summed E-state index contributed by atoms with van der Waals surface area (Å²) in [4.78, 5) is 25.6. The Morgan fingerprint density at radius 2 is 0.659 bits per heavy atom. The zero-order chi connectivity index (χ0) is 61.9. The first-order valence-corrected chi connectivity index (χ1v) is 39.7. The number of amides is 1. The predicted molar refractivity (Wildman–Crippen MR) is 372 cm³/mol. The van der Waals surface area contributed by atoms with Crippen LogP contribution in [0.1, 0.15) is 406 Å². The van der Waals surface area contributed by atoms with E-state index in [2.05, 4.69) is 31.3 Å². The SMILES string of the molecule is CCCCCCCCCCCCCCCCCC/C=C/CC/C=C/C(O)C(COP(=O)([O-])OCC[N+](C)(C)C)NC(=O)CCCCCCCCCCCCCCCCCCCCCCCCCCCCCCCCCCCCCCCCCCC. The van der Waals surface area contributed by atoms with Crippen LogP contribution in [-0.4, -0.2) is 68.5 Å². The summed E-state index contributed by atoms with van der Waals surface area (Å²) in [6.45, 7) is 4.70. The summed E-state index contributed by atoms with van der Waals surface area (Å²) in [5.41, 5.74) is 0. The second-order valence-electron chi connectivity index (χ2n) is 27.7. The monoisotopic (exact) mass is 1220 g/mol. The number of hydrogen-bond donors (Lipinski definition) is 2. The van der Waals surface area contributed by atoms with E-state index in [-0.39, 0.29) is 19.1 Å². The molecule has 1 amide bonds. The molecule has 85 heavy (non-hydrogen) atoms. The Morgan fingerprint density at radius 3 is 0.953 bits per heavy atom. The molecule has 0 saturated heterocycles. The topological polar surface area (TPSA) is 108 Å². The van der Waals surface area contributed by atoms with Gasteiger partial charge in [-0.25, -0.2) is 0 Å². The summed E-state index contributed by atoms with van der Waals surface area (Å²) in [5, 5.41) is 13.9. The number of nitrogens with one attached hydrogen (secondary N) is 1. The van der Waals surface area contributed by atoms with E-state index < -0.39 is 20.0 Å². The van der Waals surface area contributed by atoms with E-state index in [1.54, 1.807) is 6.08 Å². The number of nitrogens with zero attached hydrogens (tertiary/aromatic N) is 1. The minimum atomic E-state index is -4.61. The van der Waals surface area contributed by atoms with Crippen molar-refractivity contribution in [1.29, 1.82) is 0 Å². The highest BCUT2D eigenvalue weighted by molar-refractivity contribution is 7.45. The van der Waals surface area contributed by atoms with Crippen molar-refractivity contribution < 1.29 is 32.9 Å². The van der Waals surface area contributed by atoms with Gasteiger partial charge in [0.05, 0.1) is 39.9 Å². The summed E-state index contributed by atoms with van der Waals surface area (Å²) in [6.07, 6.45) is 89.2. The van der Waals surface area contributed by atoms with Gasteiger partial charge in [-0.15, -0.1) is 0 Å². The first-order valence-electron chi connectivity index (χ1n) is 38.2. The molecule has 0 aromatic heterocycles. The standard InChI is InChI=1S/C76H151N2O6P/c1-6-8-10-12-14-16-18-20-22-24-26-28-30-31-32-33-34-35-36-37-38-39-40-41-42-43-44-45-46-47-48-50-52-54-56-58-60-62-64-66-68-70-76(80)77-74(73-84-85(81,82)83-72-71-78(3,4)5)75(79)69-67-65-63-61-59-57-55-53-51-49-29-27-25-23-21-19-17-15-13-11-9-7-2/h59,61,67,69,74-75,79H,6-58,60,62-66,68,70-73H2,1-5H3,(H-,77,80,81,82)/b61-59+,69-67+. The van der Waals surface area contributed by atoms with Gasteiger partial charge >= 0.3 is 0 Å². The smallest absolute Gasteiger partial charge is 0.268 e. The van der Waals surface area contributed by atoms with Gasteiger partial charge in [0.25, 0.3) is 7.82 Å². The average Bonchev–Trinajstić information content (AvgIpc) is 3.52. The molecule has 0 aliphatic carbocycles. The number of hydrogen-bond acceptors (Lipinski definition) is 6. The maximum atomic E-state index is 13.0. The minimum absolute atomic E-state index is 0.00341. The van der Waals surface area contributed by atoms with Crippen LogP contribution in [0.2, 0.25) is 0 Å². The molecular weight excluding hydrogens is 1070 g/mol. The van der Waals surface area contributed by atoms with Crippen molar-refractivity contribution in [3.8, 4) is 0 Å². The number of phosphoric ester groups is 1. The molecule has 0 bridgehead atoms. The van der Waals surface area contributed by atoms with E-state index in [0.717, 1.165) is 38.5 Å². The lowest BCUT2D eigenvalue weighted by atomic mass is 10.0. The molecule has 0 fully saturated rings. The molecule has 0 rings (SSSR count). The highest BCUT2D eigenvalue weighted by atomic mass is 31.2. The third-order valence-corrected chi connectivity index (χ3v) is 18.9. The predicted octanol–water partition coefficient (Wildman–Crippen LogP) is 24.0. The number of allylic oxidation sites excluding steroid dienone is 3. The quantitative estimate of drug-likeness (QED) is 0.0272. The Balaban J connectivity index is 3.89. The summed E-state index contributed by atoms with van der Waals surface area (Å²) < 4.78 is 23.5. The summed E-state index contributed by atoms with van der Waals surface area (Å²) >= 11 is 0. The molecule has 3 atom stereocenters. The Labute approximate surface area is 532 Å². The van der Waals surface area contributed by atoms with Crippen molar-refractivity contribution >= 4 is 13.7 Å². The van der Waals surface area contributed by atoms with Crippen molar-refractivity contribution in [3.63, 3.8) is 0 Å². The lowest BCUT2D eigenvalue weighted by Crippen LogP contribution is -2.45. The van der Waals surface area contributed by atoms with Crippen molar-refractivity contribution in [2.75, 3.05) is 40.9 Å². The van der Waals surface area contributed by atoms with Gasteiger partial charge in [0, 0.05) is 6.42 Å². The van der Waals surface area contributed by atoms with E-state index in [9.17, 15) is 19.4 Å². The van der Waals surface area contributed by atoms with Gasteiger partial charge in [-0.05, 0) is 32.1 Å². The lowest BCUT2D eigenvalue weighted by Gasteiger charge is -2.29. The second-order valence-corrected chi connectivity index (χ2v) is 29.1. The molecule has 0 spiro atoms. The van der Waals surface area contributed by atoms with Gasteiger partial charge in [-0.2, -0.15) is 0 Å². The summed E-state index contributed by atoms with van der Waals surface area (Å²) in [5.74, 6) is -0.198. The van der Waals surface area contributed by atoms with Gasteiger partial charge in [-0.1, -0.05) is 391 Å². The van der Waals surface area contributed by atoms with Gasteiger partial charge in [-0.3, -0.25) is 9.36 Å². The third kappa shape index (κ3) is 70.3. The number of carbonyl (C=O) groups is 1. The van der Waals surface area contributed by atoms with Gasteiger partial charge in [0.2, 0.25) is 5.91 Å². The lowest BCUT2D eigenvalue weighted by molar-refractivity contribution is -0.870. The molecule has 0 aromatic carbocycles. The molecule has 0 radical (unpaired) electrons. The molecule has 0 aromatic rings. The van der Waals surface area contributed by atoms with Gasteiger partial charge in [0.1, 0.15) is 13.2 Å². The first kappa shape index (κ1) is 84.0. The Bertz CT molecular complexity index is 1430. The maximum absolute atomic E-state index is 13.0. The average molecular weight is 1220 g/mol. The highest BCUT2D eigenvalue weighted by Crippen LogP contribution is 2.38. The number of aliphatic hydroxyl groups excluding tert-OH is 1. The number of unbranched alkanes of at least 4 members (excludes halogenated alkanes) is 57. The van der Waals surface area contributed by atoms with Gasteiger partial charge < -0.3 is 28.8 Å². The van der Waals surface area contributed by atoms with E-state index >= 15 is 0 Å². The molecule has 8 nitrogen and oxygen atoms in total. The van der Waals surface area contributed by atoms with Crippen molar-refractivity contribution in [2.24, 2.45) is 0 Å². The normalized spacial score (nSPS) is 13.6. The Kier molecular flexibility index (Phi) is 66.6. The summed E-state index contributed by atoms with van der Waals surface area (Å²) in [6, 6.07) is -0.902. The number of aliphatic hydroxyl groups is 1.